The summed E-state index contributed by atoms with van der Waals surface area (Å²) in [5.74, 6) is 2.50. The van der Waals surface area contributed by atoms with Crippen molar-refractivity contribution in [3.8, 4) is 5.75 Å². The highest BCUT2D eigenvalue weighted by Gasteiger charge is 2.54. The van der Waals surface area contributed by atoms with Gasteiger partial charge in [-0.1, -0.05) is 6.07 Å². The number of ether oxygens (including phenoxy) is 1. The van der Waals surface area contributed by atoms with Crippen LogP contribution in [-0.4, -0.2) is 41.8 Å². The Morgan fingerprint density at radius 1 is 1.00 bits per heavy atom. The number of carbonyl (C=O) groups excluding carboxylic acids is 3. The lowest BCUT2D eigenvalue weighted by Crippen LogP contribution is -2.56. The standard InChI is InChI=1S/C25H32N2O4/c1-16(28)31-22-4-2-3-20(12-22)23(29)27-7-5-21(6-8-27)26-24(30)25-13-17-9-18(14-25)11-19(10-17)15-25/h2-4,12,17-19,21H,5-11,13-15H2,1H3,(H,26,30). The van der Waals surface area contributed by atoms with Crippen LogP contribution in [0.3, 0.4) is 0 Å². The molecule has 166 valence electrons. The Balaban J connectivity index is 1.16. The van der Waals surface area contributed by atoms with Gasteiger partial charge < -0.3 is 15.0 Å². The van der Waals surface area contributed by atoms with Crippen molar-refractivity contribution in [3.05, 3.63) is 29.8 Å². The highest BCUT2D eigenvalue weighted by molar-refractivity contribution is 5.94. The fourth-order valence-corrected chi connectivity index (χ4v) is 7.00. The van der Waals surface area contributed by atoms with Crippen LogP contribution in [0.1, 0.15) is 68.6 Å². The number of carbonyl (C=O) groups is 3. The molecule has 1 aromatic rings. The molecule has 4 saturated carbocycles. The van der Waals surface area contributed by atoms with Crippen molar-refractivity contribution in [2.45, 2.75) is 64.3 Å². The molecule has 4 aliphatic carbocycles. The van der Waals surface area contributed by atoms with Gasteiger partial charge in [0.25, 0.3) is 5.91 Å². The molecular weight excluding hydrogens is 392 g/mol. The molecule has 2 amide bonds. The first-order chi connectivity index (χ1) is 14.9. The molecule has 0 unspecified atom stereocenters. The first kappa shape index (κ1) is 20.5. The maximum absolute atomic E-state index is 13.3. The fourth-order valence-electron chi connectivity index (χ4n) is 7.00. The Morgan fingerprint density at radius 3 is 2.19 bits per heavy atom. The van der Waals surface area contributed by atoms with E-state index in [-0.39, 0.29) is 23.3 Å². The van der Waals surface area contributed by atoms with Gasteiger partial charge in [-0.3, -0.25) is 14.4 Å². The lowest BCUT2D eigenvalue weighted by Gasteiger charge is -2.56. The van der Waals surface area contributed by atoms with E-state index in [4.69, 9.17) is 4.74 Å². The predicted octanol–water partition coefficient (Wildman–Crippen LogP) is 3.55. The van der Waals surface area contributed by atoms with Crippen molar-refractivity contribution in [1.82, 2.24) is 10.2 Å². The van der Waals surface area contributed by atoms with Crippen LogP contribution in [0.4, 0.5) is 0 Å². The maximum atomic E-state index is 13.3. The summed E-state index contributed by atoms with van der Waals surface area (Å²) in [4.78, 5) is 39.2. The molecule has 1 aliphatic heterocycles. The zero-order valence-corrected chi connectivity index (χ0v) is 18.3. The molecule has 6 nitrogen and oxygen atoms in total. The minimum absolute atomic E-state index is 0.0557. The van der Waals surface area contributed by atoms with Gasteiger partial charge in [0, 0.05) is 37.0 Å². The van der Waals surface area contributed by atoms with Gasteiger partial charge in [0.2, 0.25) is 5.91 Å². The number of nitrogens with one attached hydrogen (secondary N) is 1. The molecular formula is C25H32N2O4. The van der Waals surface area contributed by atoms with Crippen LogP contribution in [0.15, 0.2) is 24.3 Å². The second-order valence-corrected chi connectivity index (χ2v) is 10.4. The number of hydrogen-bond donors (Lipinski definition) is 1. The Morgan fingerprint density at radius 2 is 1.61 bits per heavy atom. The molecule has 0 atom stereocenters. The summed E-state index contributed by atoms with van der Waals surface area (Å²) in [6.07, 6.45) is 8.84. The Bertz CT molecular complexity index is 852. The number of benzene rings is 1. The number of likely N-dealkylation sites (tertiary alicyclic amines) is 1. The average Bonchev–Trinajstić information content (AvgIpc) is 2.72. The molecule has 31 heavy (non-hydrogen) atoms. The molecule has 1 N–H and O–H groups in total. The second kappa shape index (κ2) is 7.95. The van der Waals surface area contributed by atoms with E-state index in [9.17, 15) is 14.4 Å². The van der Waals surface area contributed by atoms with E-state index in [1.165, 1.54) is 26.2 Å². The third kappa shape index (κ3) is 4.09. The van der Waals surface area contributed by atoms with E-state index in [0.29, 0.717) is 24.4 Å². The molecule has 4 bridgehead atoms. The summed E-state index contributed by atoms with van der Waals surface area (Å²) in [5, 5.41) is 3.37. The molecule has 5 fully saturated rings. The van der Waals surface area contributed by atoms with Crippen LogP contribution in [-0.2, 0) is 9.59 Å². The first-order valence-electron chi connectivity index (χ1n) is 11.8. The number of piperidine rings is 1. The third-order valence-corrected chi connectivity index (χ3v) is 7.98. The third-order valence-electron chi connectivity index (χ3n) is 7.98. The van der Waals surface area contributed by atoms with E-state index < -0.39 is 5.97 Å². The molecule has 0 aromatic heterocycles. The molecule has 0 radical (unpaired) electrons. The van der Waals surface area contributed by atoms with Crippen LogP contribution >= 0.6 is 0 Å². The van der Waals surface area contributed by atoms with Gasteiger partial charge in [-0.05, 0) is 87.3 Å². The van der Waals surface area contributed by atoms with Gasteiger partial charge >= 0.3 is 5.97 Å². The Hall–Kier alpha value is -2.37. The smallest absolute Gasteiger partial charge is 0.308 e. The van der Waals surface area contributed by atoms with Crippen molar-refractivity contribution >= 4 is 17.8 Å². The molecule has 1 aromatic carbocycles. The number of esters is 1. The molecule has 1 saturated heterocycles. The molecule has 5 aliphatic rings. The van der Waals surface area contributed by atoms with Crippen LogP contribution in [0.2, 0.25) is 0 Å². The summed E-state index contributed by atoms with van der Waals surface area (Å²) in [7, 11) is 0. The topological polar surface area (TPSA) is 75.7 Å². The predicted molar refractivity (Wildman–Crippen MR) is 115 cm³/mol. The van der Waals surface area contributed by atoms with E-state index in [1.54, 1.807) is 24.3 Å². The SMILES string of the molecule is CC(=O)Oc1cccc(C(=O)N2CCC(NC(=O)C34CC5CC(CC(C5)C3)C4)CC2)c1. The van der Waals surface area contributed by atoms with E-state index in [0.717, 1.165) is 49.9 Å². The fraction of sp³-hybridized carbons (Fsp3) is 0.640. The first-order valence-corrected chi connectivity index (χ1v) is 11.8. The number of nitrogens with zero attached hydrogens (tertiary/aromatic N) is 1. The summed E-state index contributed by atoms with van der Waals surface area (Å²) in [6, 6.07) is 6.91. The average molecular weight is 425 g/mol. The van der Waals surface area contributed by atoms with E-state index in [2.05, 4.69) is 5.32 Å². The Labute approximate surface area is 183 Å². The summed E-state index contributed by atoms with van der Waals surface area (Å²) >= 11 is 0. The quantitative estimate of drug-likeness (QED) is 0.592. The van der Waals surface area contributed by atoms with E-state index >= 15 is 0 Å². The molecule has 0 spiro atoms. The van der Waals surface area contributed by atoms with Gasteiger partial charge in [0.05, 0.1) is 0 Å². The van der Waals surface area contributed by atoms with Gasteiger partial charge in [-0.25, -0.2) is 0 Å². The van der Waals surface area contributed by atoms with Gasteiger partial charge in [0.15, 0.2) is 0 Å². The zero-order valence-electron chi connectivity index (χ0n) is 18.3. The largest absolute Gasteiger partial charge is 0.427 e. The monoisotopic (exact) mass is 424 g/mol. The van der Waals surface area contributed by atoms with Crippen LogP contribution in [0, 0.1) is 23.2 Å². The summed E-state index contributed by atoms with van der Waals surface area (Å²) in [5.41, 5.74) is 0.411. The van der Waals surface area contributed by atoms with Crippen molar-refractivity contribution < 1.29 is 19.1 Å². The number of amides is 2. The summed E-state index contributed by atoms with van der Waals surface area (Å²) in [6.45, 7) is 2.60. The number of hydrogen-bond acceptors (Lipinski definition) is 4. The van der Waals surface area contributed by atoms with Crippen LogP contribution in [0.25, 0.3) is 0 Å². The van der Waals surface area contributed by atoms with Gasteiger partial charge in [0.1, 0.15) is 5.75 Å². The minimum atomic E-state index is -0.403. The minimum Gasteiger partial charge on any atom is -0.427 e. The maximum Gasteiger partial charge on any atom is 0.308 e. The highest BCUT2D eigenvalue weighted by Crippen LogP contribution is 2.60. The van der Waals surface area contributed by atoms with E-state index in [1.807, 2.05) is 4.90 Å². The molecule has 6 rings (SSSR count). The molecule has 6 heteroatoms. The van der Waals surface area contributed by atoms with Crippen molar-refractivity contribution in [3.63, 3.8) is 0 Å². The van der Waals surface area contributed by atoms with Gasteiger partial charge in [-0.2, -0.15) is 0 Å². The van der Waals surface area contributed by atoms with Crippen LogP contribution in [0.5, 0.6) is 5.75 Å². The normalized spacial score (nSPS) is 32.0. The van der Waals surface area contributed by atoms with Crippen LogP contribution < -0.4 is 10.1 Å². The highest BCUT2D eigenvalue weighted by atomic mass is 16.5. The summed E-state index contributed by atoms with van der Waals surface area (Å²) < 4.78 is 5.10. The van der Waals surface area contributed by atoms with Crippen molar-refractivity contribution in [2.75, 3.05) is 13.1 Å². The lowest BCUT2D eigenvalue weighted by atomic mass is 9.49. The Kier molecular flexibility index (Phi) is 5.27. The van der Waals surface area contributed by atoms with Crippen molar-refractivity contribution in [2.24, 2.45) is 23.2 Å². The number of rotatable bonds is 4. The van der Waals surface area contributed by atoms with Crippen molar-refractivity contribution in [1.29, 1.82) is 0 Å². The lowest BCUT2D eigenvalue weighted by molar-refractivity contribution is -0.147. The molecule has 1 heterocycles. The second-order valence-electron chi connectivity index (χ2n) is 10.4. The van der Waals surface area contributed by atoms with Gasteiger partial charge in [-0.15, -0.1) is 0 Å². The zero-order chi connectivity index (χ0) is 21.6.